The fraction of sp³-hybridized carbons (Fsp3) is 0.0741. The summed E-state index contributed by atoms with van der Waals surface area (Å²) in [7, 11) is 3.17. The van der Waals surface area contributed by atoms with E-state index >= 15 is 0 Å². The minimum atomic E-state index is -0.174. The number of ether oxygens (including phenoxy) is 2. The van der Waals surface area contributed by atoms with E-state index in [1.54, 1.807) is 44.8 Å². The fourth-order valence-corrected chi connectivity index (χ4v) is 3.32. The summed E-state index contributed by atoms with van der Waals surface area (Å²) in [6.45, 7) is 0. The zero-order chi connectivity index (χ0) is 23.8. The van der Waals surface area contributed by atoms with Gasteiger partial charge in [0.25, 0.3) is 0 Å². The van der Waals surface area contributed by atoms with Crippen molar-refractivity contribution in [2.75, 3.05) is 24.9 Å². The molecule has 0 amide bonds. The number of ketones is 1. The quantitative estimate of drug-likeness (QED) is 0.242. The van der Waals surface area contributed by atoms with Gasteiger partial charge in [-0.2, -0.15) is 0 Å². The van der Waals surface area contributed by atoms with Crippen LogP contribution in [-0.4, -0.2) is 30.0 Å². The number of aromatic nitrogens is 2. The third-order valence-electron chi connectivity index (χ3n) is 5.01. The van der Waals surface area contributed by atoms with E-state index in [0.717, 1.165) is 16.9 Å². The molecule has 4 aromatic rings. The van der Waals surface area contributed by atoms with Crippen molar-refractivity contribution in [3.63, 3.8) is 0 Å². The lowest BCUT2D eigenvalue weighted by molar-refractivity contribution is 0.104. The molecule has 0 bridgehead atoms. The second-order valence-electron chi connectivity index (χ2n) is 7.22. The van der Waals surface area contributed by atoms with Crippen LogP contribution >= 0.6 is 0 Å². The third kappa shape index (κ3) is 5.39. The zero-order valence-electron chi connectivity index (χ0n) is 18.9. The Morgan fingerprint density at radius 1 is 0.765 bits per heavy atom. The van der Waals surface area contributed by atoms with E-state index in [2.05, 4.69) is 20.6 Å². The van der Waals surface area contributed by atoms with Crippen LogP contribution in [0.4, 0.5) is 23.0 Å². The molecule has 0 spiro atoms. The van der Waals surface area contributed by atoms with Crippen molar-refractivity contribution in [3.05, 3.63) is 102 Å². The highest BCUT2D eigenvalue weighted by Crippen LogP contribution is 2.31. The van der Waals surface area contributed by atoms with Crippen LogP contribution < -0.4 is 20.1 Å². The summed E-state index contributed by atoms with van der Waals surface area (Å²) in [5, 5.41) is 6.48. The molecule has 0 unspecified atom stereocenters. The van der Waals surface area contributed by atoms with Gasteiger partial charge in [0.05, 0.1) is 19.8 Å². The second-order valence-corrected chi connectivity index (χ2v) is 7.22. The van der Waals surface area contributed by atoms with Crippen molar-refractivity contribution < 1.29 is 14.3 Å². The van der Waals surface area contributed by atoms with Crippen molar-refractivity contribution in [1.82, 2.24) is 9.97 Å². The van der Waals surface area contributed by atoms with Gasteiger partial charge >= 0.3 is 0 Å². The molecule has 0 fully saturated rings. The highest BCUT2D eigenvalue weighted by molar-refractivity contribution is 6.10. The molecule has 2 aromatic heterocycles. The van der Waals surface area contributed by atoms with Gasteiger partial charge in [-0.25, -0.2) is 9.97 Å². The first-order valence-electron chi connectivity index (χ1n) is 10.6. The Labute approximate surface area is 198 Å². The van der Waals surface area contributed by atoms with Crippen molar-refractivity contribution >= 4 is 34.9 Å². The van der Waals surface area contributed by atoms with E-state index < -0.39 is 0 Å². The fourth-order valence-electron chi connectivity index (χ4n) is 3.32. The first-order chi connectivity index (χ1) is 16.7. The van der Waals surface area contributed by atoms with E-state index in [-0.39, 0.29) is 5.78 Å². The summed E-state index contributed by atoms with van der Waals surface area (Å²) >= 11 is 0. The summed E-state index contributed by atoms with van der Waals surface area (Å²) in [6, 6.07) is 22.3. The summed E-state index contributed by atoms with van der Waals surface area (Å²) in [4.78, 5) is 21.8. The molecule has 0 aliphatic heterocycles. The molecule has 2 heterocycles. The van der Waals surface area contributed by atoms with Crippen LogP contribution in [0.15, 0.2) is 91.3 Å². The molecule has 170 valence electrons. The molecule has 2 aromatic carbocycles. The van der Waals surface area contributed by atoms with Crippen molar-refractivity contribution in [2.24, 2.45) is 0 Å². The average Bonchev–Trinajstić information content (AvgIpc) is 2.89. The highest BCUT2D eigenvalue weighted by Gasteiger charge is 2.11. The number of anilines is 4. The molecule has 7 nitrogen and oxygen atoms in total. The van der Waals surface area contributed by atoms with Gasteiger partial charge in [-0.1, -0.05) is 18.2 Å². The Hall–Kier alpha value is -4.65. The number of nitrogens with zero attached hydrogens (tertiary/aromatic N) is 2. The summed E-state index contributed by atoms with van der Waals surface area (Å²) in [5.41, 5.74) is 2.86. The number of hydrogen-bond acceptors (Lipinski definition) is 7. The third-order valence-corrected chi connectivity index (χ3v) is 5.01. The molecule has 0 aliphatic rings. The SMILES string of the molecule is COc1ccc(Nc2ncccc2C=CC(=O)c2cccnc2Nc2ccccc2)cc1OC. The van der Waals surface area contributed by atoms with Crippen LogP contribution in [0.25, 0.3) is 6.08 Å². The van der Waals surface area contributed by atoms with Crippen LogP contribution in [0.2, 0.25) is 0 Å². The van der Waals surface area contributed by atoms with Crippen LogP contribution in [0.5, 0.6) is 11.5 Å². The maximum atomic E-state index is 13.0. The van der Waals surface area contributed by atoms with Gasteiger partial charge < -0.3 is 20.1 Å². The monoisotopic (exact) mass is 452 g/mol. The predicted molar refractivity (Wildman–Crippen MR) is 134 cm³/mol. The van der Waals surface area contributed by atoms with Crippen molar-refractivity contribution in [3.8, 4) is 11.5 Å². The maximum absolute atomic E-state index is 13.0. The number of hydrogen-bond donors (Lipinski definition) is 2. The molecule has 7 heteroatoms. The van der Waals surface area contributed by atoms with E-state index in [4.69, 9.17) is 9.47 Å². The van der Waals surface area contributed by atoms with Crippen LogP contribution in [0.3, 0.4) is 0 Å². The topological polar surface area (TPSA) is 85.4 Å². The van der Waals surface area contributed by atoms with Gasteiger partial charge in [0.15, 0.2) is 17.3 Å². The van der Waals surface area contributed by atoms with Gasteiger partial charge in [-0.15, -0.1) is 0 Å². The first-order valence-corrected chi connectivity index (χ1v) is 10.6. The molecule has 2 N–H and O–H groups in total. The minimum Gasteiger partial charge on any atom is -0.493 e. The molecule has 0 atom stereocenters. The van der Waals surface area contributed by atoms with E-state index in [1.165, 1.54) is 6.08 Å². The number of methoxy groups -OCH3 is 2. The van der Waals surface area contributed by atoms with Gasteiger partial charge in [-0.3, -0.25) is 4.79 Å². The Morgan fingerprint density at radius 2 is 1.47 bits per heavy atom. The smallest absolute Gasteiger partial charge is 0.189 e. The van der Waals surface area contributed by atoms with E-state index in [1.807, 2.05) is 60.7 Å². The number of para-hydroxylation sites is 1. The number of rotatable bonds is 9. The molecular weight excluding hydrogens is 428 g/mol. The molecule has 0 saturated carbocycles. The van der Waals surface area contributed by atoms with Crippen LogP contribution in [0.1, 0.15) is 15.9 Å². The Morgan fingerprint density at radius 3 is 2.24 bits per heavy atom. The van der Waals surface area contributed by atoms with Gasteiger partial charge in [-0.05, 0) is 60.7 Å². The molecule has 0 aliphatic carbocycles. The lowest BCUT2D eigenvalue weighted by Crippen LogP contribution is -2.03. The molecule has 34 heavy (non-hydrogen) atoms. The normalized spacial score (nSPS) is 10.6. The van der Waals surface area contributed by atoms with Crippen molar-refractivity contribution in [1.29, 1.82) is 0 Å². The number of carbonyl (C=O) groups is 1. The lowest BCUT2D eigenvalue weighted by Gasteiger charge is -2.12. The number of carbonyl (C=O) groups excluding carboxylic acids is 1. The molecule has 0 radical (unpaired) electrons. The van der Waals surface area contributed by atoms with Crippen LogP contribution in [0, 0.1) is 0 Å². The molecule has 0 saturated heterocycles. The summed E-state index contributed by atoms with van der Waals surface area (Å²) in [6.07, 6.45) is 6.59. The lowest BCUT2D eigenvalue weighted by atomic mass is 10.1. The zero-order valence-corrected chi connectivity index (χ0v) is 18.9. The van der Waals surface area contributed by atoms with E-state index in [0.29, 0.717) is 28.7 Å². The molecular formula is C27H24N4O3. The standard InChI is InChI=1S/C27H24N4O3/c1-33-24-15-13-21(18-25(24)34-2)31-26-19(8-6-16-28-26)12-14-23(32)22-11-7-17-29-27(22)30-20-9-4-3-5-10-20/h3-18H,1-2H3,(H,28,31)(H,29,30). The van der Waals surface area contributed by atoms with E-state index in [9.17, 15) is 4.79 Å². The minimum absolute atomic E-state index is 0.174. The predicted octanol–water partition coefficient (Wildman–Crippen LogP) is 5.88. The Kier molecular flexibility index (Phi) is 7.15. The van der Waals surface area contributed by atoms with Gasteiger partial charge in [0, 0.05) is 35.4 Å². The molecule has 4 rings (SSSR count). The summed E-state index contributed by atoms with van der Waals surface area (Å²) < 4.78 is 10.7. The Balaban J connectivity index is 1.55. The number of allylic oxidation sites excluding steroid dienone is 1. The van der Waals surface area contributed by atoms with Crippen LogP contribution in [-0.2, 0) is 0 Å². The number of benzene rings is 2. The largest absolute Gasteiger partial charge is 0.493 e. The maximum Gasteiger partial charge on any atom is 0.189 e. The second kappa shape index (κ2) is 10.8. The number of pyridine rings is 2. The highest BCUT2D eigenvalue weighted by atomic mass is 16.5. The van der Waals surface area contributed by atoms with Crippen molar-refractivity contribution in [2.45, 2.75) is 0 Å². The Bertz CT molecular complexity index is 1310. The average molecular weight is 453 g/mol. The summed E-state index contributed by atoms with van der Waals surface area (Å²) in [5.74, 6) is 2.17. The van der Waals surface area contributed by atoms with Gasteiger partial charge in [0.1, 0.15) is 11.6 Å². The number of nitrogens with one attached hydrogen (secondary N) is 2. The first kappa shape index (κ1) is 22.5. The van der Waals surface area contributed by atoms with Gasteiger partial charge in [0.2, 0.25) is 0 Å².